The van der Waals surface area contributed by atoms with Gasteiger partial charge in [-0.1, -0.05) is 25.1 Å². The van der Waals surface area contributed by atoms with E-state index < -0.39 is 0 Å². The summed E-state index contributed by atoms with van der Waals surface area (Å²) in [5.41, 5.74) is 2.81. The molecule has 3 nitrogen and oxygen atoms in total. The molecule has 2 aromatic rings. The topological polar surface area (TPSA) is 39.2 Å². The molecule has 98 valence electrons. The number of benzene rings is 1. The van der Waals surface area contributed by atoms with Crippen LogP contribution in [0.3, 0.4) is 0 Å². The summed E-state index contributed by atoms with van der Waals surface area (Å²) in [5, 5.41) is 0. The van der Waals surface area contributed by atoms with E-state index >= 15 is 0 Å². The first-order valence-corrected chi connectivity index (χ1v) is 6.44. The van der Waals surface area contributed by atoms with Crippen LogP contribution in [0.2, 0.25) is 0 Å². The molecule has 0 aliphatic rings. The van der Waals surface area contributed by atoms with E-state index in [2.05, 4.69) is 18.0 Å². The SMILES string of the molecule is CCc1ccc(CCOc2ccccc2C=O)nc1. The van der Waals surface area contributed by atoms with Gasteiger partial charge in [0, 0.05) is 18.3 Å². The third kappa shape index (κ3) is 3.65. The second-order valence-electron chi connectivity index (χ2n) is 4.27. The lowest BCUT2D eigenvalue weighted by Gasteiger charge is -2.08. The molecule has 0 radical (unpaired) electrons. The minimum Gasteiger partial charge on any atom is -0.492 e. The van der Waals surface area contributed by atoms with Crippen LogP contribution >= 0.6 is 0 Å². The van der Waals surface area contributed by atoms with Gasteiger partial charge >= 0.3 is 0 Å². The van der Waals surface area contributed by atoms with Gasteiger partial charge in [0.1, 0.15) is 5.75 Å². The predicted octanol–water partition coefficient (Wildman–Crippen LogP) is 3.08. The molecule has 0 amide bonds. The Hall–Kier alpha value is -2.16. The molecule has 1 heterocycles. The number of aryl methyl sites for hydroxylation is 1. The quantitative estimate of drug-likeness (QED) is 0.745. The average Bonchev–Trinajstić information content (AvgIpc) is 2.48. The van der Waals surface area contributed by atoms with Gasteiger partial charge < -0.3 is 4.74 Å². The third-order valence-electron chi connectivity index (χ3n) is 2.96. The normalized spacial score (nSPS) is 10.2. The number of para-hydroxylation sites is 1. The first-order chi connectivity index (χ1) is 9.33. The molecule has 0 atom stereocenters. The molecule has 0 aliphatic carbocycles. The summed E-state index contributed by atoms with van der Waals surface area (Å²) in [6.07, 6.45) is 4.44. The molecule has 3 heteroatoms. The van der Waals surface area contributed by atoms with Gasteiger partial charge in [0.15, 0.2) is 6.29 Å². The highest BCUT2D eigenvalue weighted by atomic mass is 16.5. The summed E-state index contributed by atoms with van der Waals surface area (Å²) in [7, 11) is 0. The predicted molar refractivity (Wildman–Crippen MR) is 74.6 cm³/mol. The molecule has 0 unspecified atom stereocenters. The number of hydrogen-bond donors (Lipinski definition) is 0. The van der Waals surface area contributed by atoms with E-state index in [1.807, 2.05) is 24.4 Å². The molecular formula is C16H17NO2. The monoisotopic (exact) mass is 255 g/mol. The zero-order valence-electron chi connectivity index (χ0n) is 11.0. The van der Waals surface area contributed by atoms with Gasteiger partial charge in [-0.15, -0.1) is 0 Å². The minimum atomic E-state index is 0.517. The highest BCUT2D eigenvalue weighted by Crippen LogP contribution is 2.15. The van der Waals surface area contributed by atoms with Crippen LogP contribution in [0.25, 0.3) is 0 Å². The lowest BCUT2D eigenvalue weighted by Crippen LogP contribution is -2.04. The van der Waals surface area contributed by atoms with E-state index in [0.717, 1.165) is 24.8 Å². The van der Waals surface area contributed by atoms with Crippen LogP contribution in [-0.4, -0.2) is 17.9 Å². The molecule has 0 N–H and O–H groups in total. The summed E-state index contributed by atoms with van der Waals surface area (Å²) in [6.45, 7) is 2.62. The maximum Gasteiger partial charge on any atom is 0.153 e. The van der Waals surface area contributed by atoms with Crippen LogP contribution in [0.15, 0.2) is 42.6 Å². The summed E-state index contributed by atoms with van der Waals surface area (Å²) >= 11 is 0. The minimum absolute atomic E-state index is 0.517. The first kappa shape index (κ1) is 13.3. The number of ether oxygens (including phenoxy) is 1. The number of aromatic nitrogens is 1. The van der Waals surface area contributed by atoms with Crippen molar-refractivity contribution in [2.75, 3.05) is 6.61 Å². The maximum atomic E-state index is 10.8. The van der Waals surface area contributed by atoms with E-state index in [4.69, 9.17) is 4.74 Å². The van der Waals surface area contributed by atoms with Crippen LogP contribution < -0.4 is 4.74 Å². The van der Waals surface area contributed by atoms with Crippen LogP contribution in [0.1, 0.15) is 28.5 Å². The Kier molecular flexibility index (Phi) is 4.67. The van der Waals surface area contributed by atoms with Crippen LogP contribution in [0, 0.1) is 0 Å². The second kappa shape index (κ2) is 6.69. The fourth-order valence-corrected chi connectivity index (χ4v) is 1.79. The smallest absolute Gasteiger partial charge is 0.153 e. The van der Waals surface area contributed by atoms with Crippen molar-refractivity contribution in [3.05, 3.63) is 59.4 Å². The van der Waals surface area contributed by atoms with Gasteiger partial charge in [0.05, 0.1) is 12.2 Å². The zero-order chi connectivity index (χ0) is 13.5. The Balaban J connectivity index is 1.90. The number of rotatable bonds is 6. The number of hydrogen-bond acceptors (Lipinski definition) is 3. The molecule has 0 spiro atoms. The lowest BCUT2D eigenvalue weighted by molar-refractivity contribution is 0.111. The Morgan fingerprint density at radius 1 is 1.21 bits per heavy atom. The Labute approximate surface area is 113 Å². The van der Waals surface area contributed by atoms with Crippen molar-refractivity contribution in [3.63, 3.8) is 0 Å². The molecule has 2 rings (SSSR count). The van der Waals surface area contributed by atoms with Crippen molar-refractivity contribution in [2.24, 2.45) is 0 Å². The summed E-state index contributed by atoms with van der Waals surface area (Å²) < 4.78 is 5.62. The molecule has 0 fully saturated rings. The molecule has 0 bridgehead atoms. The summed E-state index contributed by atoms with van der Waals surface area (Å²) in [4.78, 5) is 15.2. The second-order valence-corrected chi connectivity index (χ2v) is 4.27. The van der Waals surface area contributed by atoms with E-state index in [-0.39, 0.29) is 0 Å². The van der Waals surface area contributed by atoms with Gasteiger partial charge in [0.25, 0.3) is 0 Å². The van der Waals surface area contributed by atoms with Crippen molar-refractivity contribution in [2.45, 2.75) is 19.8 Å². The van der Waals surface area contributed by atoms with Gasteiger partial charge in [-0.2, -0.15) is 0 Å². The highest BCUT2D eigenvalue weighted by molar-refractivity contribution is 5.79. The van der Waals surface area contributed by atoms with E-state index in [9.17, 15) is 4.79 Å². The van der Waals surface area contributed by atoms with Crippen molar-refractivity contribution < 1.29 is 9.53 Å². The Morgan fingerprint density at radius 3 is 2.74 bits per heavy atom. The standard InChI is InChI=1S/C16H17NO2/c1-2-13-7-8-15(17-11-13)9-10-19-16-6-4-3-5-14(16)12-18/h3-8,11-12H,2,9-10H2,1H3. The largest absolute Gasteiger partial charge is 0.492 e. The summed E-state index contributed by atoms with van der Waals surface area (Å²) in [5.74, 6) is 0.627. The van der Waals surface area contributed by atoms with Crippen molar-refractivity contribution in [1.29, 1.82) is 0 Å². The molecule has 0 saturated heterocycles. The van der Waals surface area contributed by atoms with Crippen molar-refractivity contribution >= 4 is 6.29 Å². The van der Waals surface area contributed by atoms with Gasteiger partial charge in [-0.3, -0.25) is 9.78 Å². The number of nitrogens with zero attached hydrogens (tertiary/aromatic N) is 1. The van der Waals surface area contributed by atoms with E-state index in [1.54, 1.807) is 12.1 Å². The number of pyridine rings is 1. The lowest BCUT2D eigenvalue weighted by atomic mass is 10.2. The zero-order valence-corrected chi connectivity index (χ0v) is 11.0. The fraction of sp³-hybridized carbons (Fsp3) is 0.250. The molecule has 0 saturated carbocycles. The first-order valence-electron chi connectivity index (χ1n) is 6.44. The Bertz CT molecular complexity index is 535. The summed E-state index contributed by atoms with van der Waals surface area (Å²) in [6, 6.07) is 11.3. The number of aldehydes is 1. The van der Waals surface area contributed by atoms with Gasteiger partial charge in [-0.25, -0.2) is 0 Å². The number of carbonyl (C=O) groups is 1. The van der Waals surface area contributed by atoms with Gasteiger partial charge in [-0.05, 0) is 30.2 Å². The van der Waals surface area contributed by atoms with E-state index in [0.29, 0.717) is 17.9 Å². The van der Waals surface area contributed by atoms with Crippen LogP contribution in [0.5, 0.6) is 5.75 Å². The molecule has 19 heavy (non-hydrogen) atoms. The molecule has 1 aromatic heterocycles. The average molecular weight is 255 g/mol. The van der Waals surface area contributed by atoms with Crippen molar-refractivity contribution in [1.82, 2.24) is 4.98 Å². The van der Waals surface area contributed by atoms with E-state index in [1.165, 1.54) is 5.56 Å². The van der Waals surface area contributed by atoms with Crippen molar-refractivity contribution in [3.8, 4) is 5.75 Å². The van der Waals surface area contributed by atoms with Gasteiger partial charge in [0.2, 0.25) is 0 Å². The molecular weight excluding hydrogens is 238 g/mol. The maximum absolute atomic E-state index is 10.8. The Morgan fingerprint density at radius 2 is 2.05 bits per heavy atom. The third-order valence-corrected chi connectivity index (χ3v) is 2.96. The highest BCUT2D eigenvalue weighted by Gasteiger charge is 2.02. The van der Waals surface area contributed by atoms with Crippen LogP contribution in [-0.2, 0) is 12.8 Å². The number of carbonyl (C=O) groups excluding carboxylic acids is 1. The molecule has 1 aromatic carbocycles. The fourth-order valence-electron chi connectivity index (χ4n) is 1.79. The molecule has 0 aliphatic heterocycles. The van der Waals surface area contributed by atoms with Crippen LogP contribution in [0.4, 0.5) is 0 Å².